The molecule has 0 N–H and O–H groups in total. The minimum Gasteiger partial charge on any atom is -0.286 e. The van der Waals surface area contributed by atoms with Gasteiger partial charge in [-0.3, -0.25) is 14.2 Å². The van der Waals surface area contributed by atoms with E-state index in [4.69, 9.17) is 0 Å². The van der Waals surface area contributed by atoms with Gasteiger partial charge in [0.2, 0.25) is 0 Å². The lowest BCUT2D eigenvalue weighted by molar-refractivity contribution is -0.0946. The van der Waals surface area contributed by atoms with Gasteiger partial charge < -0.3 is 0 Å². The summed E-state index contributed by atoms with van der Waals surface area (Å²) in [6, 6.07) is 0.486. The smallest absolute Gasteiger partial charge is 0.286 e. The number of rotatable bonds is 1. The fourth-order valence-electron chi connectivity index (χ4n) is 0.967. The van der Waals surface area contributed by atoms with Crippen molar-refractivity contribution in [3.63, 3.8) is 0 Å². The molecule has 94 valence electrons. The molecule has 1 aromatic rings. The van der Waals surface area contributed by atoms with E-state index in [0.29, 0.717) is 12.3 Å². The number of hydrogen-bond donors (Lipinski definition) is 0. The molecule has 9 heteroatoms. The summed E-state index contributed by atoms with van der Waals surface area (Å²) in [4.78, 5) is 21.2. The van der Waals surface area contributed by atoms with Gasteiger partial charge in [0.1, 0.15) is 0 Å². The number of alkyl halides is 6. The van der Waals surface area contributed by atoms with Crippen LogP contribution in [0, 0.1) is 0 Å². The van der Waals surface area contributed by atoms with Crippen molar-refractivity contribution in [2.75, 3.05) is 0 Å². The molecule has 17 heavy (non-hydrogen) atoms. The number of carbonyl (C=O) groups is 2. The molecular weight excluding hydrogens is 256 g/mol. The number of hydrogen-bond acceptors (Lipinski definition) is 2. The van der Waals surface area contributed by atoms with Gasteiger partial charge in [0.05, 0.1) is 0 Å². The van der Waals surface area contributed by atoms with E-state index in [9.17, 15) is 35.9 Å². The monoisotopic (exact) mass is 259 g/mol. The van der Waals surface area contributed by atoms with Crippen molar-refractivity contribution in [1.29, 1.82) is 0 Å². The molecule has 0 atom stereocenters. The summed E-state index contributed by atoms with van der Waals surface area (Å²) < 4.78 is 71.3. The third kappa shape index (κ3) is 2.86. The highest BCUT2D eigenvalue weighted by Crippen LogP contribution is 2.23. The molecule has 0 aliphatic heterocycles. The van der Waals surface area contributed by atoms with E-state index in [1.165, 1.54) is 0 Å². The van der Waals surface area contributed by atoms with Crippen molar-refractivity contribution in [2.45, 2.75) is 12.4 Å². The Labute approximate surface area is 89.6 Å². The Kier molecular flexibility index (Phi) is 3.04. The van der Waals surface area contributed by atoms with Crippen LogP contribution in [0.15, 0.2) is 18.5 Å². The summed E-state index contributed by atoms with van der Waals surface area (Å²) in [5, 5.41) is 0. The van der Waals surface area contributed by atoms with Crippen molar-refractivity contribution >= 4 is 11.7 Å². The molecule has 0 saturated heterocycles. The second-order valence-electron chi connectivity index (χ2n) is 2.94. The minimum absolute atomic E-state index is 0.126. The Morgan fingerprint density at radius 3 is 1.94 bits per heavy atom. The van der Waals surface area contributed by atoms with Crippen molar-refractivity contribution in [3.8, 4) is 0 Å². The lowest BCUT2D eigenvalue weighted by Gasteiger charge is -2.05. The predicted molar refractivity (Wildman–Crippen MR) is 41.5 cm³/mol. The quantitative estimate of drug-likeness (QED) is 0.574. The SMILES string of the molecule is O=C(c1ccn(C(=O)C(F)(F)F)c1)C(F)(F)F. The minimum atomic E-state index is -5.22. The first-order valence-corrected chi connectivity index (χ1v) is 3.94. The van der Waals surface area contributed by atoms with Gasteiger partial charge in [-0.15, -0.1) is 0 Å². The molecule has 0 fully saturated rings. The summed E-state index contributed by atoms with van der Waals surface area (Å²) in [5.41, 5.74) is -1.03. The van der Waals surface area contributed by atoms with Crippen LogP contribution in [-0.4, -0.2) is 28.6 Å². The standard InChI is InChI=1S/C8H3F6NO2/c9-7(10,11)5(16)4-1-2-15(3-4)6(17)8(12,13)14/h1-3H. The Hall–Kier alpha value is -1.80. The van der Waals surface area contributed by atoms with Gasteiger partial charge >= 0.3 is 18.3 Å². The maximum atomic E-state index is 11.9. The summed E-state index contributed by atoms with van der Waals surface area (Å²) in [6.45, 7) is 0. The van der Waals surface area contributed by atoms with Gasteiger partial charge in [-0.25, -0.2) is 0 Å². The van der Waals surface area contributed by atoms with Crippen molar-refractivity contribution in [1.82, 2.24) is 4.57 Å². The summed E-state index contributed by atoms with van der Waals surface area (Å²) >= 11 is 0. The maximum Gasteiger partial charge on any atom is 0.472 e. The molecule has 0 saturated carbocycles. The van der Waals surface area contributed by atoms with E-state index < -0.39 is 29.6 Å². The van der Waals surface area contributed by atoms with E-state index in [0.717, 1.165) is 0 Å². The van der Waals surface area contributed by atoms with E-state index in [1.54, 1.807) is 0 Å². The molecule has 0 radical (unpaired) electrons. The number of ketones is 1. The van der Waals surface area contributed by atoms with E-state index in [2.05, 4.69) is 0 Å². The molecule has 0 bridgehead atoms. The van der Waals surface area contributed by atoms with Crippen LogP contribution in [0.2, 0.25) is 0 Å². The normalized spacial score (nSPS) is 12.6. The van der Waals surface area contributed by atoms with E-state index in [-0.39, 0.29) is 10.8 Å². The topological polar surface area (TPSA) is 39.1 Å². The van der Waals surface area contributed by atoms with E-state index in [1.807, 2.05) is 0 Å². The van der Waals surface area contributed by atoms with Crippen LogP contribution in [0.1, 0.15) is 15.2 Å². The van der Waals surface area contributed by atoms with Gasteiger partial charge in [-0.05, 0) is 6.07 Å². The highest BCUT2D eigenvalue weighted by atomic mass is 19.4. The molecule has 1 rings (SSSR count). The molecule has 0 spiro atoms. The van der Waals surface area contributed by atoms with Crippen molar-refractivity contribution < 1.29 is 35.9 Å². The Balaban J connectivity index is 3.02. The molecule has 0 amide bonds. The van der Waals surface area contributed by atoms with Crippen LogP contribution in [0.5, 0.6) is 0 Å². The van der Waals surface area contributed by atoms with Crippen LogP contribution in [-0.2, 0) is 0 Å². The Morgan fingerprint density at radius 2 is 1.53 bits per heavy atom. The highest BCUT2D eigenvalue weighted by Gasteiger charge is 2.42. The molecule has 0 aromatic carbocycles. The van der Waals surface area contributed by atoms with Crippen LogP contribution in [0.25, 0.3) is 0 Å². The van der Waals surface area contributed by atoms with Gasteiger partial charge in [-0.2, -0.15) is 26.3 Å². The number of halogens is 6. The molecular formula is C8H3F6NO2. The van der Waals surface area contributed by atoms with Gasteiger partial charge in [0, 0.05) is 18.0 Å². The third-order valence-corrected chi connectivity index (χ3v) is 1.69. The predicted octanol–water partition coefficient (Wildman–Crippen LogP) is 2.44. The molecule has 0 aliphatic carbocycles. The summed E-state index contributed by atoms with van der Waals surface area (Å²) in [6.07, 6.45) is -9.80. The fraction of sp³-hybridized carbons (Fsp3) is 0.250. The number of carbonyl (C=O) groups excluding carboxylic acids is 2. The number of aromatic nitrogens is 1. The Morgan fingerprint density at radius 1 is 1.00 bits per heavy atom. The van der Waals surface area contributed by atoms with Gasteiger partial charge in [0.15, 0.2) is 0 Å². The average molecular weight is 259 g/mol. The highest BCUT2D eigenvalue weighted by molar-refractivity contribution is 6.01. The lowest BCUT2D eigenvalue weighted by Crippen LogP contribution is -2.28. The molecule has 1 aromatic heterocycles. The van der Waals surface area contributed by atoms with Crippen LogP contribution < -0.4 is 0 Å². The average Bonchev–Trinajstić information content (AvgIpc) is 2.60. The second kappa shape index (κ2) is 3.90. The zero-order valence-corrected chi connectivity index (χ0v) is 7.76. The zero-order valence-electron chi connectivity index (χ0n) is 7.76. The van der Waals surface area contributed by atoms with Crippen LogP contribution in [0.3, 0.4) is 0 Å². The molecule has 0 aliphatic rings. The van der Waals surface area contributed by atoms with Crippen LogP contribution >= 0.6 is 0 Å². The third-order valence-electron chi connectivity index (χ3n) is 1.69. The first kappa shape index (κ1) is 13.3. The van der Waals surface area contributed by atoms with Gasteiger partial charge in [0.25, 0.3) is 5.78 Å². The number of Topliss-reactive ketones (excluding diaryl/α,β-unsaturated/α-hetero) is 1. The Bertz CT molecular complexity index is 415. The summed E-state index contributed by atoms with van der Waals surface area (Å²) in [7, 11) is 0. The molecule has 0 unspecified atom stereocenters. The van der Waals surface area contributed by atoms with Crippen molar-refractivity contribution in [3.05, 3.63) is 24.0 Å². The van der Waals surface area contributed by atoms with Crippen molar-refractivity contribution in [2.24, 2.45) is 0 Å². The second-order valence-corrected chi connectivity index (χ2v) is 2.94. The summed E-state index contributed by atoms with van der Waals surface area (Å²) in [5.74, 6) is -4.69. The molecule has 3 nitrogen and oxygen atoms in total. The zero-order chi connectivity index (χ0) is 13.4. The first-order valence-electron chi connectivity index (χ1n) is 3.94. The largest absolute Gasteiger partial charge is 0.472 e. The number of nitrogens with zero attached hydrogens (tertiary/aromatic N) is 1. The first-order chi connectivity index (χ1) is 7.53. The molecule has 1 heterocycles. The maximum absolute atomic E-state index is 11.9. The van der Waals surface area contributed by atoms with Crippen LogP contribution in [0.4, 0.5) is 26.3 Å². The lowest BCUT2D eigenvalue weighted by atomic mass is 10.2. The fourth-order valence-corrected chi connectivity index (χ4v) is 0.967. The van der Waals surface area contributed by atoms with E-state index >= 15 is 0 Å². The van der Waals surface area contributed by atoms with Gasteiger partial charge in [-0.1, -0.05) is 0 Å².